The number of aromatic hydroxyl groups is 1. The van der Waals surface area contributed by atoms with E-state index in [0.29, 0.717) is 31.9 Å². The van der Waals surface area contributed by atoms with Crippen molar-refractivity contribution in [2.75, 3.05) is 40.0 Å². The number of phenols is 1. The third kappa shape index (κ3) is 5.50. The van der Waals surface area contributed by atoms with E-state index in [0.717, 1.165) is 11.3 Å². The minimum atomic E-state index is -0.609. The molecular weight excluding hydrogens is 460 g/mol. The van der Waals surface area contributed by atoms with Crippen molar-refractivity contribution < 1.29 is 28.9 Å². The number of hydrogen-bond acceptors (Lipinski definition) is 8. The van der Waals surface area contributed by atoms with E-state index >= 15 is 0 Å². The Balaban J connectivity index is 2.07. The third-order valence-electron chi connectivity index (χ3n) is 4.69. The lowest BCUT2D eigenvalue weighted by Gasteiger charge is -2.26. The van der Waals surface area contributed by atoms with Crippen LogP contribution in [0.3, 0.4) is 0 Å². The Morgan fingerprint density at radius 3 is 2.69 bits per heavy atom. The Morgan fingerprint density at radius 2 is 2.03 bits per heavy atom. The van der Waals surface area contributed by atoms with Crippen LogP contribution in [0.4, 0.5) is 0 Å². The normalized spacial score (nSPS) is 15.2. The van der Waals surface area contributed by atoms with Gasteiger partial charge in [-0.25, -0.2) is 4.79 Å². The molecule has 0 aliphatic carbocycles. The Bertz CT molecular complexity index is 1180. The monoisotopic (exact) mass is 482 g/mol. The number of halogens is 1. The second-order valence-corrected chi connectivity index (χ2v) is 8.25. The van der Waals surface area contributed by atoms with Gasteiger partial charge in [-0.15, -0.1) is 11.3 Å². The van der Waals surface area contributed by atoms with Gasteiger partial charge in [-0.05, 0) is 30.7 Å². The number of rotatable bonds is 6. The van der Waals surface area contributed by atoms with E-state index in [1.165, 1.54) is 29.9 Å². The van der Waals surface area contributed by atoms with Crippen LogP contribution < -0.4 is 19.5 Å². The topological polar surface area (TPSA) is 107 Å². The highest BCUT2D eigenvalue weighted by Crippen LogP contribution is 2.35. The molecule has 1 saturated heterocycles. The average Bonchev–Trinajstić information content (AvgIpc) is 3.05. The minimum absolute atomic E-state index is 0.0632. The van der Waals surface area contributed by atoms with Crippen LogP contribution in [-0.4, -0.2) is 66.5 Å². The van der Waals surface area contributed by atoms with Crippen LogP contribution in [0.2, 0.25) is 5.02 Å². The number of hydrogen-bond donors (Lipinski definition) is 1. The molecule has 32 heavy (non-hydrogen) atoms. The summed E-state index contributed by atoms with van der Waals surface area (Å²) in [5.74, 6) is -0.904. The molecular formula is C21H23ClN2O7S. The molecule has 1 aliphatic rings. The molecule has 1 fully saturated rings. The van der Waals surface area contributed by atoms with Crippen LogP contribution in [0.25, 0.3) is 12.2 Å². The molecule has 0 atom stereocenters. The number of nitrogens with zero attached hydrogens (tertiary/aromatic N) is 2. The smallest absolute Gasteiger partial charge is 0.333 e. The van der Waals surface area contributed by atoms with Crippen LogP contribution in [0, 0.1) is 0 Å². The fourth-order valence-electron chi connectivity index (χ4n) is 3.11. The van der Waals surface area contributed by atoms with Crippen LogP contribution >= 0.6 is 22.9 Å². The molecule has 172 valence electrons. The summed E-state index contributed by atoms with van der Waals surface area (Å²) in [5, 5.41) is 9.99. The summed E-state index contributed by atoms with van der Waals surface area (Å²) in [6.07, 6.45) is 2.75. The van der Waals surface area contributed by atoms with Crippen molar-refractivity contribution in [1.29, 1.82) is 0 Å². The van der Waals surface area contributed by atoms with E-state index in [9.17, 15) is 19.5 Å². The van der Waals surface area contributed by atoms with Crippen molar-refractivity contribution >= 4 is 47.0 Å². The quantitative estimate of drug-likeness (QED) is 0.590. The summed E-state index contributed by atoms with van der Waals surface area (Å²) < 4.78 is 17.1. The van der Waals surface area contributed by atoms with Gasteiger partial charge in [-0.1, -0.05) is 11.6 Å². The first kappa shape index (κ1) is 23.8. The number of amides is 1. The largest absolute Gasteiger partial charge is 0.503 e. The highest BCUT2D eigenvalue weighted by Gasteiger charge is 2.19. The number of methoxy groups -OCH3 is 1. The van der Waals surface area contributed by atoms with Crippen molar-refractivity contribution in [2.45, 2.75) is 13.5 Å². The molecule has 2 heterocycles. The molecule has 11 heteroatoms. The fourth-order valence-corrected chi connectivity index (χ4v) is 4.36. The highest BCUT2D eigenvalue weighted by atomic mass is 35.5. The Labute approximate surface area is 192 Å². The molecule has 2 aromatic rings. The number of esters is 1. The maximum absolute atomic E-state index is 13.1. The zero-order chi connectivity index (χ0) is 23.3. The number of phenolic OH excluding ortho intramolecular Hbond substituents is 1. The Hall–Kier alpha value is -2.82. The van der Waals surface area contributed by atoms with Crippen molar-refractivity contribution in [3.8, 4) is 11.5 Å². The van der Waals surface area contributed by atoms with Gasteiger partial charge in [0.05, 0.1) is 42.6 Å². The molecule has 1 aromatic carbocycles. The molecule has 1 aromatic heterocycles. The van der Waals surface area contributed by atoms with Gasteiger partial charge in [0.2, 0.25) is 5.91 Å². The second kappa shape index (κ2) is 10.7. The Morgan fingerprint density at radius 1 is 1.31 bits per heavy atom. The highest BCUT2D eigenvalue weighted by molar-refractivity contribution is 7.07. The molecule has 0 bridgehead atoms. The van der Waals surface area contributed by atoms with E-state index in [4.69, 9.17) is 25.8 Å². The number of ether oxygens (including phenoxy) is 3. The van der Waals surface area contributed by atoms with Crippen LogP contribution in [0.5, 0.6) is 11.5 Å². The predicted octanol–water partition coefficient (Wildman–Crippen LogP) is 0.309. The van der Waals surface area contributed by atoms with Crippen molar-refractivity contribution in [3.63, 3.8) is 0 Å². The third-order valence-corrected chi connectivity index (χ3v) is 6.04. The van der Waals surface area contributed by atoms with Gasteiger partial charge in [0, 0.05) is 13.1 Å². The lowest BCUT2D eigenvalue weighted by molar-refractivity contribution is -0.136. The number of morpholine rings is 1. The lowest BCUT2D eigenvalue weighted by atomic mass is 10.2. The van der Waals surface area contributed by atoms with Crippen molar-refractivity contribution in [3.05, 3.63) is 42.3 Å². The number of aromatic nitrogens is 1. The predicted molar refractivity (Wildman–Crippen MR) is 120 cm³/mol. The van der Waals surface area contributed by atoms with Gasteiger partial charge in [0.1, 0.15) is 11.2 Å². The second-order valence-electron chi connectivity index (χ2n) is 6.78. The zero-order valence-electron chi connectivity index (χ0n) is 17.6. The first-order valence-electron chi connectivity index (χ1n) is 9.86. The number of thiazole rings is 1. The molecule has 9 nitrogen and oxygen atoms in total. The first-order valence-corrected chi connectivity index (χ1v) is 11.0. The van der Waals surface area contributed by atoms with E-state index in [-0.39, 0.29) is 44.8 Å². The SMILES string of the molecule is CCOC(=O)/C=c1\s/c(=C/c2cc(Cl)c(O)c(OC)c2)c(=O)n1CC(=O)N1CCOCC1. The molecule has 1 aliphatic heterocycles. The lowest BCUT2D eigenvalue weighted by Crippen LogP contribution is -2.45. The van der Waals surface area contributed by atoms with Gasteiger partial charge in [0.25, 0.3) is 5.56 Å². The summed E-state index contributed by atoms with van der Waals surface area (Å²) in [4.78, 5) is 39.5. The van der Waals surface area contributed by atoms with Gasteiger partial charge in [-0.3, -0.25) is 14.2 Å². The molecule has 0 radical (unpaired) electrons. The van der Waals surface area contributed by atoms with E-state index < -0.39 is 11.5 Å². The van der Waals surface area contributed by atoms with Crippen molar-refractivity contribution in [2.24, 2.45) is 0 Å². The summed E-state index contributed by atoms with van der Waals surface area (Å²) in [6, 6.07) is 3.01. The van der Waals surface area contributed by atoms with Crippen molar-refractivity contribution in [1.82, 2.24) is 9.47 Å². The Kier molecular flexibility index (Phi) is 7.94. The van der Waals surface area contributed by atoms with Crippen LogP contribution in [0.15, 0.2) is 16.9 Å². The van der Waals surface area contributed by atoms with Gasteiger partial charge in [0.15, 0.2) is 11.5 Å². The molecule has 0 spiro atoms. The summed E-state index contributed by atoms with van der Waals surface area (Å²) in [5.41, 5.74) is 0.0765. The van der Waals surface area contributed by atoms with E-state index in [1.54, 1.807) is 17.9 Å². The maximum atomic E-state index is 13.1. The summed E-state index contributed by atoms with van der Waals surface area (Å²) in [7, 11) is 1.39. The van der Waals surface area contributed by atoms with E-state index in [1.807, 2.05) is 0 Å². The number of benzene rings is 1. The molecule has 1 N–H and O–H groups in total. The standard InChI is InChI=1S/C21H23ClN2O7S/c1-3-31-19(26)11-18-24(12-17(25)23-4-6-30-7-5-23)21(28)16(32-18)10-13-8-14(22)20(27)15(9-13)29-2/h8-11,27H,3-7,12H2,1-2H3/b16-10+,18-11-. The van der Waals surface area contributed by atoms with Crippen LogP contribution in [-0.2, 0) is 25.6 Å². The number of carbonyl (C=O) groups excluding carboxylic acids is 2. The van der Waals surface area contributed by atoms with E-state index in [2.05, 4.69) is 0 Å². The minimum Gasteiger partial charge on any atom is -0.503 e. The molecule has 1 amide bonds. The van der Waals surface area contributed by atoms with Crippen LogP contribution in [0.1, 0.15) is 12.5 Å². The summed E-state index contributed by atoms with van der Waals surface area (Å²) >= 11 is 7.09. The maximum Gasteiger partial charge on any atom is 0.333 e. The molecule has 3 rings (SSSR count). The first-order chi connectivity index (χ1) is 15.3. The summed E-state index contributed by atoms with van der Waals surface area (Å²) in [6.45, 7) is 3.41. The zero-order valence-corrected chi connectivity index (χ0v) is 19.2. The van der Waals surface area contributed by atoms with Gasteiger partial charge >= 0.3 is 5.97 Å². The van der Waals surface area contributed by atoms with Gasteiger partial charge in [-0.2, -0.15) is 0 Å². The number of carbonyl (C=O) groups is 2. The fraction of sp³-hybridized carbons (Fsp3) is 0.381. The van der Waals surface area contributed by atoms with Gasteiger partial charge < -0.3 is 24.2 Å². The molecule has 0 saturated carbocycles. The molecule has 0 unspecified atom stereocenters. The average molecular weight is 483 g/mol.